The molecule has 0 fully saturated rings. The molecule has 0 saturated heterocycles. The van der Waals surface area contributed by atoms with Gasteiger partial charge in [0.1, 0.15) is 5.82 Å². The number of carbonyl (C=O) groups is 2. The first-order valence-electron chi connectivity index (χ1n) is 9.66. The highest BCUT2D eigenvalue weighted by Gasteiger charge is 2.30. The predicted octanol–water partition coefficient (Wildman–Crippen LogP) is 1.50. The normalized spacial score (nSPS) is 12.0. The summed E-state index contributed by atoms with van der Waals surface area (Å²) in [5, 5.41) is 2.97. The fourth-order valence-corrected chi connectivity index (χ4v) is 3.24. The number of rotatable bonds is 10. The van der Waals surface area contributed by atoms with E-state index in [2.05, 4.69) is 19.2 Å². The minimum atomic E-state index is -1.42. The molecule has 1 amide bonds. The summed E-state index contributed by atoms with van der Waals surface area (Å²) in [7, 11) is 0. The number of nitrogens with one attached hydrogen (secondary N) is 2. The number of hydrogen-bond acceptors (Lipinski definition) is 3. The lowest BCUT2D eigenvalue weighted by Gasteiger charge is -2.19. The second-order valence-corrected chi connectivity index (χ2v) is 7.15. The number of ketones is 1. The molecule has 0 spiro atoms. The van der Waals surface area contributed by atoms with Crippen LogP contribution in [0.1, 0.15) is 36.7 Å². The molecular weight excluding hydrogens is 397 g/mol. The third-order valence-corrected chi connectivity index (χ3v) is 5.04. The summed E-state index contributed by atoms with van der Waals surface area (Å²) < 4.78 is 14.2. The van der Waals surface area contributed by atoms with Crippen LogP contribution in [-0.2, 0) is 4.79 Å². The van der Waals surface area contributed by atoms with Gasteiger partial charge in [-0.05, 0) is 44.2 Å². The van der Waals surface area contributed by atoms with Gasteiger partial charge >= 0.3 is 0 Å². The van der Waals surface area contributed by atoms with Gasteiger partial charge in [-0.25, -0.2) is 4.39 Å². The largest absolute Gasteiger partial charge is 0.354 e. The first-order valence-corrected chi connectivity index (χ1v) is 10.0. The fraction of sp³-hybridized carbons (Fsp3) is 0.381. The SMILES string of the molecule is CC[NH+](CC)CCCNC(=O)[C@@H](C(=O)c1ccc(F)cc1)n1cc(Cl)ccc1=O. The highest BCUT2D eigenvalue weighted by Crippen LogP contribution is 2.16. The Bertz CT molecular complexity index is 895. The van der Waals surface area contributed by atoms with E-state index in [0.29, 0.717) is 6.54 Å². The second kappa shape index (κ2) is 10.9. The van der Waals surface area contributed by atoms with Gasteiger partial charge in [-0.15, -0.1) is 0 Å². The molecule has 2 aromatic rings. The Hall–Kier alpha value is -2.51. The van der Waals surface area contributed by atoms with Gasteiger partial charge in [0.15, 0.2) is 11.8 Å². The zero-order valence-electron chi connectivity index (χ0n) is 16.6. The maximum Gasteiger partial charge on any atom is 0.251 e. The van der Waals surface area contributed by atoms with E-state index in [1.807, 2.05) is 0 Å². The van der Waals surface area contributed by atoms with E-state index >= 15 is 0 Å². The number of benzene rings is 1. The van der Waals surface area contributed by atoms with E-state index < -0.39 is 29.1 Å². The summed E-state index contributed by atoms with van der Waals surface area (Å²) in [4.78, 5) is 39.6. The number of pyridine rings is 1. The van der Waals surface area contributed by atoms with E-state index in [0.717, 1.165) is 42.8 Å². The van der Waals surface area contributed by atoms with Crippen molar-refractivity contribution in [1.29, 1.82) is 0 Å². The van der Waals surface area contributed by atoms with Crippen molar-refractivity contribution in [3.8, 4) is 0 Å². The molecule has 8 heteroatoms. The van der Waals surface area contributed by atoms with Crippen LogP contribution in [0.25, 0.3) is 0 Å². The summed E-state index contributed by atoms with van der Waals surface area (Å²) >= 11 is 5.98. The van der Waals surface area contributed by atoms with Crippen LogP contribution in [0.15, 0.2) is 47.4 Å². The van der Waals surface area contributed by atoms with Crippen LogP contribution < -0.4 is 15.8 Å². The number of amides is 1. The number of halogens is 2. The van der Waals surface area contributed by atoms with Crippen LogP contribution in [0.4, 0.5) is 4.39 Å². The number of quaternary nitrogens is 1. The van der Waals surface area contributed by atoms with E-state index in [1.165, 1.54) is 35.4 Å². The van der Waals surface area contributed by atoms with Crippen LogP contribution in [0.3, 0.4) is 0 Å². The average molecular weight is 423 g/mol. The van der Waals surface area contributed by atoms with Crippen molar-refractivity contribution in [3.05, 3.63) is 69.4 Å². The van der Waals surface area contributed by atoms with Crippen LogP contribution in [0.5, 0.6) is 0 Å². The molecule has 0 bridgehead atoms. The molecular formula is C21H26ClFN3O3+. The van der Waals surface area contributed by atoms with Crippen molar-refractivity contribution < 1.29 is 18.9 Å². The van der Waals surface area contributed by atoms with Crippen molar-refractivity contribution in [1.82, 2.24) is 9.88 Å². The molecule has 156 valence electrons. The Morgan fingerprint density at radius 2 is 1.79 bits per heavy atom. The molecule has 1 heterocycles. The Labute approximate surface area is 174 Å². The molecule has 1 aromatic carbocycles. The van der Waals surface area contributed by atoms with Crippen molar-refractivity contribution in [3.63, 3.8) is 0 Å². The maximum absolute atomic E-state index is 13.2. The molecule has 2 N–H and O–H groups in total. The molecule has 0 aliphatic heterocycles. The van der Waals surface area contributed by atoms with E-state index in [1.54, 1.807) is 0 Å². The number of nitrogens with zero attached hydrogens (tertiary/aromatic N) is 1. The highest BCUT2D eigenvalue weighted by molar-refractivity contribution is 6.30. The molecule has 6 nitrogen and oxygen atoms in total. The van der Waals surface area contributed by atoms with Gasteiger partial charge < -0.3 is 10.2 Å². The van der Waals surface area contributed by atoms with E-state index in [9.17, 15) is 18.8 Å². The van der Waals surface area contributed by atoms with Gasteiger partial charge in [0, 0.05) is 30.8 Å². The van der Waals surface area contributed by atoms with Crippen LogP contribution >= 0.6 is 11.6 Å². The smallest absolute Gasteiger partial charge is 0.251 e. The van der Waals surface area contributed by atoms with Gasteiger partial charge in [-0.2, -0.15) is 0 Å². The van der Waals surface area contributed by atoms with E-state index in [-0.39, 0.29) is 10.6 Å². The third kappa shape index (κ3) is 6.24. The minimum Gasteiger partial charge on any atom is -0.354 e. The number of carbonyl (C=O) groups excluding carboxylic acids is 2. The van der Waals surface area contributed by atoms with Crippen molar-refractivity contribution in [2.75, 3.05) is 26.2 Å². The topological polar surface area (TPSA) is 72.6 Å². The van der Waals surface area contributed by atoms with Crippen molar-refractivity contribution >= 4 is 23.3 Å². The lowest BCUT2D eigenvalue weighted by Crippen LogP contribution is -3.11. The zero-order valence-corrected chi connectivity index (χ0v) is 17.3. The quantitative estimate of drug-likeness (QED) is 0.346. The molecule has 29 heavy (non-hydrogen) atoms. The predicted molar refractivity (Wildman–Crippen MR) is 110 cm³/mol. The van der Waals surface area contributed by atoms with Crippen molar-refractivity contribution in [2.45, 2.75) is 26.3 Å². The molecule has 0 aliphatic rings. The van der Waals surface area contributed by atoms with E-state index in [4.69, 9.17) is 11.6 Å². The average Bonchev–Trinajstić information content (AvgIpc) is 2.71. The molecule has 2 rings (SSSR count). The lowest BCUT2D eigenvalue weighted by atomic mass is 10.0. The first kappa shape index (κ1) is 22.8. The molecule has 0 radical (unpaired) electrons. The Kier molecular flexibility index (Phi) is 8.54. The van der Waals surface area contributed by atoms with Gasteiger partial charge in [0.05, 0.1) is 24.7 Å². The first-order chi connectivity index (χ1) is 13.9. The Balaban J connectivity index is 2.24. The summed E-state index contributed by atoms with van der Waals surface area (Å²) in [6.45, 7) is 7.45. The number of hydrogen-bond donors (Lipinski definition) is 2. The highest BCUT2D eigenvalue weighted by atomic mass is 35.5. The van der Waals surface area contributed by atoms with Crippen LogP contribution in [-0.4, -0.2) is 42.4 Å². The molecule has 1 atom stereocenters. The van der Waals surface area contributed by atoms with Gasteiger partial charge in [-0.3, -0.25) is 19.0 Å². The summed E-state index contributed by atoms with van der Waals surface area (Å²) in [6.07, 6.45) is 2.00. The molecule has 0 aliphatic carbocycles. The summed E-state index contributed by atoms with van der Waals surface area (Å²) in [5.74, 6) is -1.71. The van der Waals surface area contributed by atoms with Gasteiger partial charge in [0.2, 0.25) is 0 Å². The van der Waals surface area contributed by atoms with Gasteiger partial charge in [-0.1, -0.05) is 11.6 Å². The summed E-state index contributed by atoms with van der Waals surface area (Å²) in [6, 6.07) is 6.02. The summed E-state index contributed by atoms with van der Waals surface area (Å²) in [5.41, 5.74) is -0.399. The number of Topliss-reactive ketones (excluding diaryl/α,β-unsaturated/α-hetero) is 1. The lowest BCUT2D eigenvalue weighted by molar-refractivity contribution is -0.896. The minimum absolute atomic E-state index is 0.131. The maximum atomic E-state index is 13.2. The Morgan fingerprint density at radius 3 is 2.41 bits per heavy atom. The molecule has 1 aromatic heterocycles. The monoisotopic (exact) mass is 422 g/mol. The number of aromatic nitrogens is 1. The third-order valence-electron chi connectivity index (χ3n) is 4.81. The van der Waals surface area contributed by atoms with Crippen LogP contribution in [0, 0.1) is 5.82 Å². The van der Waals surface area contributed by atoms with Crippen molar-refractivity contribution in [2.24, 2.45) is 0 Å². The fourth-order valence-electron chi connectivity index (χ4n) is 3.07. The molecule has 0 saturated carbocycles. The molecule has 0 unspecified atom stereocenters. The second-order valence-electron chi connectivity index (χ2n) is 6.72. The van der Waals surface area contributed by atoms with Gasteiger partial charge in [0.25, 0.3) is 11.5 Å². The Morgan fingerprint density at radius 1 is 1.14 bits per heavy atom. The zero-order chi connectivity index (χ0) is 21.4. The van der Waals surface area contributed by atoms with Crippen LogP contribution in [0.2, 0.25) is 5.02 Å². The standard InChI is InChI=1S/C21H25ClFN3O3/c1-3-25(4-2)13-5-12-24-21(29)19(26-14-16(22)8-11-18(26)27)20(28)15-6-9-17(23)10-7-15/h6-11,14,19H,3-5,12-13H2,1-2H3,(H,24,29)/p+1/t19-/m1/s1.